The van der Waals surface area contributed by atoms with Crippen LogP contribution in [-0.4, -0.2) is 24.8 Å². The Morgan fingerprint density at radius 3 is 2.80 bits per heavy atom. The molecule has 1 amide bonds. The molecule has 1 aromatic carbocycles. The molecule has 3 rings (SSSR count). The highest BCUT2D eigenvalue weighted by molar-refractivity contribution is 9.10. The maximum Gasteiger partial charge on any atom is 0.296 e. The Labute approximate surface area is 125 Å². The van der Waals surface area contributed by atoms with Gasteiger partial charge in [-0.3, -0.25) is 9.59 Å². The Bertz CT molecular complexity index is 644. The first-order valence-corrected chi connectivity index (χ1v) is 7.27. The molecule has 20 heavy (non-hydrogen) atoms. The van der Waals surface area contributed by atoms with Crippen LogP contribution in [0.15, 0.2) is 16.6 Å². The third kappa shape index (κ3) is 2.32. The summed E-state index contributed by atoms with van der Waals surface area (Å²) in [5, 5.41) is 2.59. The van der Waals surface area contributed by atoms with E-state index in [0.717, 1.165) is 16.7 Å². The molecular weight excluding hydrogens is 320 g/mol. The topological polar surface area (TPSA) is 49.4 Å². The van der Waals surface area contributed by atoms with Gasteiger partial charge in [0.25, 0.3) is 11.7 Å². The van der Waals surface area contributed by atoms with E-state index in [0.29, 0.717) is 23.7 Å². The first kappa shape index (κ1) is 13.2. The second-order valence-electron chi connectivity index (χ2n) is 5.16. The van der Waals surface area contributed by atoms with Crippen LogP contribution in [0.2, 0.25) is 0 Å². The number of carbonyl (C=O) groups is 2. The van der Waals surface area contributed by atoms with Crippen molar-refractivity contribution in [2.75, 3.05) is 23.3 Å². The second-order valence-corrected chi connectivity index (χ2v) is 6.01. The number of fused-ring (bicyclic) bond motifs is 1. The summed E-state index contributed by atoms with van der Waals surface area (Å²) in [7, 11) is 0. The molecule has 1 heterocycles. The molecule has 0 spiro atoms. The van der Waals surface area contributed by atoms with E-state index >= 15 is 0 Å². The Morgan fingerprint density at radius 2 is 2.15 bits per heavy atom. The lowest BCUT2D eigenvalue weighted by molar-refractivity contribution is -0.112. The molecule has 1 fully saturated rings. The number of Topliss-reactive ketones (excluding diaryl/α,β-unsaturated/α-hetero) is 1. The molecule has 0 radical (unpaired) electrons. The molecule has 0 unspecified atom stereocenters. The van der Waals surface area contributed by atoms with E-state index < -0.39 is 11.7 Å². The summed E-state index contributed by atoms with van der Waals surface area (Å²) in [6.45, 7) is 1.42. The van der Waals surface area contributed by atoms with Crippen molar-refractivity contribution < 1.29 is 9.59 Å². The molecule has 102 valence electrons. The standard InChI is InChI=1S/C15H13BrN2O2/c1-2-5-18(8-9-3-4-9)13-7-12-10(6-11(13)16)14(19)15(20)17-12/h1,6-7,9H,3-5,8H2,(H,17,19,20). The monoisotopic (exact) mass is 332 g/mol. The maximum atomic E-state index is 11.7. The van der Waals surface area contributed by atoms with Gasteiger partial charge in [0, 0.05) is 11.0 Å². The molecule has 0 aromatic heterocycles. The van der Waals surface area contributed by atoms with Crippen LogP contribution in [0.25, 0.3) is 0 Å². The van der Waals surface area contributed by atoms with Crippen LogP contribution in [-0.2, 0) is 4.79 Å². The molecule has 4 nitrogen and oxygen atoms in total. The number of hydrogen-bond acceptors (Lipinski definition) is 3. The zero-order valence-corrected chi connectivity index (χ0v) is 12.4. The quantitative estimate of drug-likeness (QED) is 0.680. The van der Waals surface area contributed by atoms with E-state index in [-0.39, 0.29) is 0 Å². The van der Waals surface area contributed by atoms with E-state index in [9.17, 15) is 9.59 Å². The Morgan fingerprint density at radius 1 is 1.40 bits per heavy atom. The van der Waals surface area contributed by atoms with E-state index in [4.69, 9.17) is 6.42 Å². The summed E-state index contributed by atoms with van der Waals surface area (Å²) in [5.74, 6) is 2.29. The third-order valence-electron chi connectivity index (χ3n) is 3.58. The number of benzene rings is 1. The number of ketones is 1. The number of nitrogens with one attached hydrogen (secondary N) is 1. The van der Waals surface area contributed by atoms with Crippen molar-refractivity contribution in [1.29, 1.82) is 0 Å². The Kier molecular flexibility index (Phi) is 3.27. The predicted octanol–water partition coefficient (Wildman–Crippen LogP) is 2.43. The van der Waals surface area contributed by atoms with Gasteiger partial charge in [0.2, 0.25) is 0 Å². The fourth-order valence-corrected chi connectivity index (χ4v) is 2.96. The van der Waals surface area contributed by atoms with Crippen LogP contribution >= 0.6 is 15.9 Å². The lowest BCUT2D eigenvalue weighted by Crippen LogP contribution is -2.26. The minimum atomic E-state index is -0.574. The van der Waals surface area contributed by atoms with Crippen molar-refractivity contribution in [2.24, 2.45) is 5.92 Å². The largest absolute Gasteiger partial charge is 0.359 e. The third-order valence-corrected chi connectivity index (χ3v) is 4.22. The van der Waals surface area contributed by atoms with Gasteiger partial charge in [-0.05, 0) is 46.8 Å². The van der Waals surface area contributed by atoms with Gasteiger partial charge in [0.15, 0.2) is 0 Å². The maximum absolute atomic E-state index is 11.7. The summed E-state index contributed by atoms with van der Waals surface area (Å²) in [4.78, 5) is 25.2. The van der Waals surface area contributed by atoms with Crippen molar-refractivity contribution in [1.82, 2.24) is 0 Å². The number of rotatable bonds is 4. The number of anilines is 2. The highest BCUT2D eigenvalue weighted by Crippen LogP contribution is 2.38. The fraction of sp³-hybridized carbons (Fsp3) is 0.333. The minimum absolute atomic E-state index is 0.415. The van der Waals surface area contributed by atoms with E-state index in [2.05, 4.69) is 32.1 Å². The zero-order chi connectivity index (χ0) is 14.3. The van der Waals surface area contributed by atoms with Crippen molar-refractivity contribution in [2.45, 2.75) is 12.8 Å². The van der Waals surface area contributed by atoms with Gasteiger partial charge >= 0.3 is 0 Å². The summed E-state index contributed by atoms with van der Waals surface area (Å²) in [6.07, 6.45) is 7.91. The number of halogens is 1. The molecule has 1 N–H and O–H groups in total. The predicted molar refractivity (Wildman–Crippen MR) is 80.9 cm³/mol. The highest BCUT2D eigenvalue weighted by atomic mass is 79.9. The SMILES string of the molecule is C#CCN(CC1CC1)c1cc2c(cc1Br)C(=O)C(=O)N2. The average molecular weight is 333 g/mol. The summed E-state index contributed by atoms with van der Waals surface area (Å²) in [5.41, 5.74) is 1.90. The van der Waals surface area contributed by atoms with Crippen LogP contribution in [0.1, 0.15) is 23.2 Å². The van der Waals surface area contributed by atoms with E-state index in [1.54, 1.807) is 6.07 Å². The lowest BCUT2D eigenvalue weighted by atomic mass is 10.1. The molecule has 0 saturated heterocycles. The first-order chi connectivity index (χ1) is 9.60. The smallest absolute Gasteiger partial charge is 0.296 e. The molecule has 1 aliphatic carbocycles. The highest BCUT2D eigenvalue weighted by Gasteiger charge is 2.31. The Balaban J connectivity index is 1.97. The molecule has 1 saturated carbocycles. The van der Waals surface area contributed by atoms with Gasteiger partial charge < -0.3 is 10.2 Å². The number of hydrogen-bond donors (Lipinski definition) is 1. The molecule has 2 aliphatic rings. The van der Waals surface area contributed by atoms with E-state index in [1.165, 1.54) is 12.8 Å². The summed E-state index contributed by atoms with van der Waals surface area (Å²) < 4.78 is 0.789. The van der Waals surface area contributed by atoms with Crippen LogP contribution in [0.4, 0.5) is 11.4 Å². The summed E-state index contributed by atoms with van der Waals surface area (Å²) >= 11 is 3.48. The van der Waals surface area contributed by atoms with Crippen molar-refractivity contribution >= 4 is 39.0 Å². The van der Waals surface area contributed by atoms with Gasteiger partial charge in [0.1, 0.15) is 0 Å². The first-order valence-electron chi connectivity index (χ1n) is 6.47. The van der Waals surface area contributed by atoms with E-state index in [1.807, 2.05) is 6.07 Å². The molecule has 0 bridgehead atoms. The number of terminal acetylenes is 1. The second kappa shape index (κ2) is 4.95. The molecule has 0 atom stereocenters. The lowest BCUT2D eigenvalue weighted by Gasteiger charge is -2.24. The van der Waals surface area contributed by atoms with Crippen molar-refractivity contribution in [3.8, 4) is 12.3 Å². The Hall–Kier alpha value is -1.80. The number of nitrogens with zero attached hydrogens (tertiary/aromatic N) is 1. The number of amides is 1. The van der Waals surface area contributed by atoms with Crippen LogP contribution in [0.3, 0.4) is 0 Å². The van der Waals surface area contributed by atoms with Crippen LogP contribution in [0, 0.1) is 18.3 Å². The average Bonchev–Trinajstić information content (AvgIpc) is 3.18. The minimum Gasteiger partial charge on any atom is -0.359 e. The molecule has 1 aromatic rings. The number of carbonyl (C=O) groups excluding carboxylic acids is 2. The van der Waals surface area contributed by atoms with Crippen LogP contribution < -0.4 is 10.2 Å². The van der Waals surface area contributed by atoms with Gasteiger partial charge in [0.05, 0.1) is 23.5 Å². The van der Waals surface area contributed by atoms with Gasteiger partial charge in [-0.25, -0.2) is 0 Å². The van der Waals surface area contributed by atoms with Crippen LogP contribution in [0.5, 0.6) is 0 Å². The summed E-state index contributed by atoms with van der Waals surface area (Å²) in [6, 6.07) is 3.52. The zero-order valence-electron chi connectivity index (χ0n) is 10.8. The van der Waals surface area contributed by atoms with Crippen molar-refractivity contribution in [3.05, 3.63) is 22.2 Å². The van der Waals surface area contributed by atoms with Crippen molar-refractivity contribution in [3.63, 3.8) is 0 Å². The molecular formula is C15H13BrN2O2. The molecule has 1 aliphatic heterocycles. The fourth-order valence-electron chi connectivity index (χ4n) is 2.37. The normalized spacial score (nSPS) is 16.6. The van der Waals surface area contributed by atoms with Gasteiger partial charge in [-0.1, -0.05) is 5.92 Å². The van der Waals surface area contributed by atoms with Gasteiger partial charge in [-0.15, -0.1) is 6.42 Å². The molecule has 5 heteroatoms. The van der Waals surface area contributed by atoms with Gasteiger partial charge in [-0.2, -0.15) is 0 Å².